The Hall–Kier alpha value is -3.87. The fourth-order valence-electron chi connectivity index (χ4n) is 5.47. The average Bonchev–Trinajstić information content (AvgIpc) is 3.47. The molecule has 2 saturated carbocycles. The lowest BCUT2D eigenvalue weighted by Crippen LogP contribution is -2.38. The maximum atomic E-state index is 13.8. The largest absolute Gasteiger partial charge is 0.444 e. The SMILES string of the molecule is CNCC1CCC(n2cc(CNC(=O)c3coc(-c4ccnc(N(CC5CC5)C(=O)OC(C)(C)C)c4)n3)c(C(F)F)n2)CC1. The number of rotatable bonds is 11. The first-order valence-corrected chi connectivity index (χ1v) is 15.2. The Morgan fingerprint density at radius 2 is 1.89 bits per heavy atom. The lowest BCUT2D eigenvalue weighted by atomic mass is 9.86. The summed E-state index contributed by atoms with van der Waals surface area (Å²) in [6, 6.07) is 3.38. The summed E-state index contributed by atoms with van der Waals surface area (Å²) in [7, 11) is 1.93. The predicted octanol–water partition coefficient (Wildman–Crippen LogP) is 5.90. The lowest BCUT2D eigenvalue weighted by molar-refractivity contribution is 0.0577. The first-order chi connectivity index (χ1) is 21.0. The van der Waals surface area contributed by atoms with E-state index in [0.29, 0.717) is 29.8 Å². The molecule has 0 radical (unpaired) electrons. The Morgan fingerprint density at radius 3 is 2.55 bits per heavy atom. The molecule has 0 saturated heterocycles. The molecule has 5 rings (SSSR count). The molecule has 44 heavy (non-hydrogen) atoms. The fourth-order valence-corrected chi connectivity index (χ4v) is 5.47. The summed E-state index contributed by atoms with van der Waals surface area (Å²) in [5, 5.41) is 10.1. The summed E-state index contributed by atoms with van der Waals surface area (Å²) in [5.41, 5.74) is -0.208. The van der Waals surface area contributed by atoms with Crippen molar-refractivity contribution in [3.8, 4) is 11.5 Å². The number of amides is 2. The van der Waals surface area contributed by atoms with Crippen molar-refractivity contribution in [2.45, 2.75) is 83.9 Å². The Labute approximate surface area is 255 Å². The molecule has 2 aliphatic carbocycles. The molecule has 11 nitrogen and oxygen atoms in total. The number of nitrogens with one attached hydrogen (secondary N) is 2. The topological polar surface area (TPSA) is 127 Å². The molecule has 0 aromatic carbocycles. The summed E-state index contributed by atoms with van der Waals surface area (Å²) in [6.45, 7) is 6.73. The first kappa shape index (κ1) is 31.6. The Morgan fingerprint density at radius 1 is 1.16 bits per heavy atom. The minimum Gasteiger partial charge on any atom is -0.444 e. The van der Waals surface area contributed by atoms with Crippen LogP contribution in [0.15, 0.2) is 35.2 Å². The Bertz CT molecular complexity index is 1440. The highest BCUT2D eigenvalue weighted by atomic mass is 19.3. The Balaban J connectivity index is 1.25. The second kappa shape index (κ2) is 13.4. The fraction of sp³-hybridized carbons (Fsp3) is 0.581. The number of anilines is 1. The van der Waals surface area contributed by atoms with Gasteiger partial charge in [0.2, 0.25) is 5.89 Å². The maximum absolute atomic E-state index is 13.8. The van der Waals surface area contributed by atoms with Crippen molar-refractivity contribution >= 4 is 17.8 Å². The molecule has 2 N–H and O–H groups in total. The van der Waals surface area contributed by atoms with Crippen LogP contribution in [0.3, 0.4) is 0 Å². The zero-order valence-electron chi connectivity index (χ0n) is 25.7. The van der Waals surface area contributed by atoms with Gasteiger partial charge in [-0.1, -0.05) is 0 Å². The van der Waals surface area contributed by atoms with E-state index in [9.17, 15) is 18.4 Å². The van der Waals surface area contributed by atoms with Crippen molar-refractivity contribution in [2.75, 3.05) is 25.0 Å². The van der Waals surface area contributed by atoms with Gasteiger partial charge in [0.25, 0.3) is 12.3 Å². The van der Waals surface area contributed by atoms with Gasteiger partial charge in [0.1, 0.15) is 23.4 Å². The van der Waals surface area contributed by atoms with Crippen molar-refractivity contribution in [3.05, 3.63) is 47.7 Å². The van der Waals surface area contributed by atoms with E-state index in [4.69, 9.17) is 9.15 Å². The minimum absolute atomic E-state index is 0.00538. The number of halogens is 2. The van der Waals surface area contributed by atoms with Crippen molar-refractivity contribution in [2.24, 2.45) is 11.8 Å². The van der Waals surface area contributed by atoms with Crippen LogP contribution in [0.4, 0.5) is 19.4 Å². The summed E-state index contributed by atoms with van der Waals surface area (Å²) < 4.78 is 40.5. The third kappa shape index (κ3) is 7.99. The van der Waals surface area contributed by atoms with Crippen LogP contribution in [0.2, 0.25) is 0 Å². The summed E-state index contributed by atoms with van der Waals surface area (Å²) in [6.07, 6.45) is 6.95. The van der Waals surface area contributed by atoms with Gasteiger partial charge in [0.05, 0.1) is 6.04 Å². The lowest BCUT2D eigenvalue weighted by Gasteiger charge is -2.28. The van der Waals surface area contributed by atoms with E-state index in [1.807, 2.05) is 7.05 Å². The highest BCUT2D eigenvalue weighted by Crippen LogP contribution is 2.34. The quantitative estimate of drug-likeness (QED) is 0.274. The smallest absolute Gasteiger partial charge is 0.416 e. The van der Waals surface area contributed by atoms with Crippen LogP contribution in [-0.2, 0) is 11.3 Å². The molecule has 238 valence electrons. The molecule has 3 aromatic rings. The van der Waals surface area contributed by atoms with Gasteiger partial charge in [0.15, 0.2) is 5.69 Å². The number of alkyl halides is 2. The van der Waals surface area contributed by atoms with Crippen LogP contribution >= 0.6 is 0 Å². The number of aromatic nitrogens is 4. The number of nitrogens with zero attached hydrogens (tertiary/aromatic N) is 5. The molecule has 3 heterocycles. The first-order valence-electron chi connectivity index (χ1n) is 15.2. The number of hydrogen-bond donors (Lipinski definition) is 2. The van der Waals surface area contributed by atoms with Gasteiger partial charge in [-0.2, -0.15) is 5.10 Å². The molecule has 0 spiro atoms. The van der Waals surface area contributed by atoms with Gasteiger partial charge in [-0.05, 0) is 96.9 Å². The van der Waals surface area contributed by atoms with E-state index in [2.05, 4.69) is 25.7 Å². The van der Waals surface area contributed by atoms with Gasteiger partial charge < -0.3 is 19.8 Å². The molecule has 0 bridgehead atoms. The molecule has 2 fully saturated rings. The van der Waals surface area contributed by atoms with Crippen LogP contribution < -0.4 is 15.5 Å². The monoisotopic (exact) mass is 613 g/mol. The third-order valence-electron chi connectivity index (χ3n) is 7.93. The minimum atomic E-state index is -2.76. The molecular formula is C31H41F2N7O4. The van der Waals surface area contributed by atoms with Crippen molar-refractivity contribution in [1.82, 2.24) is 30.4 Å². The normalized spacial score (nSPS) is 18.8. The van der Waals surface area contributed by atoms with Crippen LogP contribution in [0.5, 0.6) is 0 Å². The van der Waals surface area contributed by atoms with Gasteiger partial charge >= 0.3 is 6.09 Å². The second-order valence-corrected chi connectivity index (χ2v) is 12.7. The van der Waals surface area contributed by atoms with Crippen LogP contribution in [0.1, 0.15) is 93.5 Å². The molecule has 0 aliphatic heterocycles. The number of pyridine rings is 1. The number of oxazole rings is 1. The van der Waals surface area contributed by atoms with E-state index in [-0.39, 0.29) is 35.4 Å². The molecule has 13 heteroatoms. The second-order valence-electron chi connectivity index (χ2n) is 12.7. The molecule has 0 unspecified atom stereocenters. The van der Waals surface area contributed by atoms with Crippen LogP contribution in [0.25, 0.3) is 11.5 Å². The van der Waals surface area contributed by atoms with Crippen LogP contribution in [-0.4, -0.2) is 57.5 Å². The van der Waals surface area contributed by atoms with Crippen LogP contribution in [0, 0.1) is 11.8 Å². The van der Waals surface area contributed by atoms with Gasteiger partial charge in [-0.15, -0.1) is 0 Å². The highest BCUT2D eigenvalue weighted by molar-refractivity contribution is 5.92. The molecule has 2 amide bonds. The van der Waals surface area contributed by atoms with Crippen molar-refractivity contribution in [3.63, 3.8) is 0 Å². The van der Waals surface area contributed by atoms with E-state index in [0.717, 1.165) is 45.1 Å². The molecule has 0 atom stereocenters. The summed E-state index contributed by atoms with van der Waals surface area (Å²) >= 11 is 0. The number of carbonyl (C=O) groups excluding carboxylic acids is 2. The molecular weight excluding hydrogens is 572 g/mol. The maximum Gasteiger partial charge on any atom is 0.416 e. The van der Waals surface area contributed by atoms with E-state index < -0.39 is 24.0 Å². The van der Waals surface area contributed by atoms with Crippen molar-refractivity contribution in [1.29, 1.82) is 0 Å². The summed E-state index contributed by atoms with van der Waals surface area (Å²) in [5.74, 6) is 0.946. The predicted molar refractivity (Wildman–Crippen MR) is 159 cm³/mol. The standard InChI is InChI=1S/C31H41F2N7O4/c1-31(2,3)44-30(42)39(16-20-5-6-20)25-13-21(11-12-35-25)29-37-24(18-43-29)28(41)36-15-22-17-40(38-26(22)27(32)33)23-9-7-19(8-10-23)14-34-4/h11-13,17-20,23,27,34H,5-10,14-16H2,1-4H3,(H,36,41). The van der Waals surface area contributed by atoms with Gasteiger partial charge in [-0.25, -0.2) is 23.5 Å². The number of ether oxygens (including phenoxy) is 1. The van der Waals surface area contributed by atoms with Gasteiger partial charge in [-0.3, -0.25) is 14.4 Å². The zero-order chi connectivity index (χ0) is 31.4. The Kier molecular flexibility index (Phi) is 9.62. The average molecular weight is 614 g/mol. The number of hydrogen-bond acceptors (Lipinski definition) is 8. The van der Waals surface area contributed by atoms with E-state index in [1.54, 1.807) is 43.8 Å². The molecule has 2 aliphatic rings. The van der Waals surface area contributed by atoms with E-state index in [1.165, 1.54) is 17.4 Å². The summed E-state index contributed by atoms with van der Waals surface area (Å²) in [4.78, 5) is 36.1. The zero-order valence-corrected chi connectivity index (χ0v) is 25.7. The van der Waals surface area contributed by atoms with Crippen molar-refractivity contribution < 1.29 is 27.5 Å². The highest BCUT2D eigenvalue weighted by Gasteiger charge is 2.32. The van der Waals surface area contributed by atoms with Gasteiger partial charge in [0, 0.05) is 36.6 Å². The third-order valence-corrected chi connectivity index (χ3v) is 7.93. The number of carbonyl (C=O) groups is 2. The van der Waals surface area contributed by atoms with E-state index >= 15 is 0 Å². The molecule has 3 aromatic heterocycles.